The molecule has 0 saturated heterocycles. The van der Waals surface area contributed by atoms with Crippen molar-refractivity contribution in [1.29, 1.82) is 0 Å². The number of hydrogen-bond acceptors (Lipinski definition) is 4. The fourth-order valence-electron chi connectivity index (χ4n) is 2.11. The Balaban J connectivity index is 2.02. The Bertz CT molecular complexity index is 729. The van der Waals surface area contributed by atoms with Crippen molar-refractivity contribution in [3.05, 3.63) is 63.9 Å². The Labute approximate surface area is 137 Å². The topological polar surface area (TPSA) is 54.8 Å². The van der Waals surface area contributed by atoms with Crippen molar-refractivity contribution >= 4 is 35.0 Å². The van der Waals surface area contributed by atoms with E-state index in [0.29, 0.717) is 27.1 Å². The van der Waals surface area contributed by atoms with Crippen LogP contribution in [0.3, 0.4) is 0 Å². The zero-order chi connectivity index (χ0) is 15.7. The molecular formula is C15H11Cl2N3O2. The number of carbonyl (C=O) groups is 1. The fraction of sp³-hybridized carbons (Fsp3) is 0.133. The van der Waals surface area contributed by atoms with Crippen LogP contribution in [0.5, 0.6) is 0 Å². The van der Waals surface area contributed by atoms with Gasteiger partial charge in [0.1, 0.15) is 0 Å². The molecule has 7 heteroatoms. The molecule has 22 heavy (non-hydrogen) atoms. The number of ether oxygens (including phenoxy) is 1. The van der Waals surface area contributed by atoms with Crippen molar-refractivity contribution in [2.24, 2.45) is 5.10 Å². The van der Waals surface area contributed by atoms with Gasteiger partial charge in [-0.05, 0) is 24.3 Å². The number of carbonyl (C=O) groups excluding carboxylic acids is 1. The SMILES string of the molecule is CC(=O)N1N=C(c2ccncc2)OC1c1c(Cl)cccc1Cl. The maximum Gasteiger partial charge on any atom is 0.243 e. The molecule has 1 aromatic heterocycles. The maximum atomic E-state index is 11.9. The predicted molar refractivity (Wildman–Crippen MR) is 83.6 cm³/mol. The molecule has 3 rings (SSSR count). The molecule has 1 aromatic carbocycles. The molecule has 2 heterocycles. The summed E-state index contributed by atoms with van der Waals surface area (Å²) in [6.45, 7) is 1.40. The van der Waals surface area contributed by atoms with Crippen molar-refractivity contribution in [2.45, 2.75) is 13.2 Å². The number of aromatic nitrogens is 1. The van der Waals surface area contributed by atoms with E-state index in [4.69, 9.17) is 27.9 Å². The molecule has 0 spiro atoms. The molecule has 0 saturated carbocycles. The number of amides is 1. The Morgan fingerprint density at radius 2 is 1.82 bits per heavy atom. The quantitative estimate of drug-likeness (QED) is 0.842. The number of hydrazone groups is 1. The highest BCUT2D eigenvalue weighted by molar-refractivity contribution is 6.36. The van der Waals surface area contributed by atoms with Crippen LogP contribution >= 0.6 is 23.2 Å². The van der Waals surface area contributed by atoms with Gasteiger partial charge in [0, 0.05) is 24.9 Å². The number of pyridine rings is 1. The number of benzene rings is 1. The zero-order valence-electron chi connectivity index (χ0n) is 11.5. The Morgan fingerprint density at radius 1 is 1.18 bits per heavy atom. The molecule has 5 nitrogen and oxygen atoms in total. The second kappa shape index (κ2) is 5.94. The van der Waals surface area contributed by atoms with E-state index < -0.39 is 6.23 Å². The van der Waals surface area contributed by atoms with Crippen molar-refractivity contribution < 1.29 is 9.53 Å². The van der Waals surface area contributed by atoms with E-state index in [1.165, 1.54) is 11.9 Å². The lowest BCUT2D eigenvalue weighted by Crippen LogP contribution is -2.25. The highest BCUT2D eigenvalue weighted by atomic mass is 35.5. The highest BCUT2D eigenvalue weighted by Gasteiger charge is 2.35. The lowest BCUT2D eigenvalue weighted by atomic mass is 10.2. The molecule has 112 valence electrons. The van der Waals surface area contributed by atoms with Crippen LogP contribution in [0.15, 0.2) is 47.8 Å². The van der Waals surface area contributed by atoms with E-state index in [0.717, 1.165) is 0 Å². The molecular weight excluding hydrogens is 325 g/mol. The lowest BCUT2D eigenvalue weighted by molar-refractivity contribution is -0.135. The van der Waals surface area contributed by atoms with Crippen LogP contribution in [0.4, 0.5) is 0 Å². The first-order valence-corrected chi connectivity index (χ1v) is 7.23. The summed E-state index contributed by atoms with van der Waals surface area (Å²) in [5.41, 5.74) is 1.22. The number of nitrogens with zero attached hydrogens (tertiary/aromatic N) is 3. The second-order valence-electron chi connectivity index (χ2n) is 4.61. The van der Waals surface area contributed by atoms with E-state index >= 15 is 0 Å². The molecule has 0 fully saturated rings. The Hall–Kier alpha value is -2.11. The van der Waals surface area contributed by atoms with Gasteiger partial charge in [0.2, 0.25) is 18.0 Å². The molecule has 2 aromatic rings. The number of halogens is 2. The molecule has 0 radical (unpaired) electrons. The average molecular weight is 336 g/mol. The van der Waals surface area contributed by atoms with Gasteiger partial charge in [-0.1, -0.05) is 29.3 Å². The van der Waals surface area contributed by atoms with Crippen molar-refractivity contribution in [2.75, 3.05) is 0 Å². The fourth-order valence-corrected chi connectivity index (χ4v) is 2.70. The zero-order valence-corrected chi connectivity index (χ0v) is 13.0. The second-order valence-corrected chi connectivity index (χ2v) is 5.42. The van der Waals surface area contributed by atoms with Crippen LogP contribution < -0.4 is 0 Å². The summed E-state index contributed by atoms with van der Waals surface area (Å²) >= 11 is 12.4. The molecule has 0 aliphatic carbocycles. The minimum atomic E-state index is -0.790. The van der Waals surface area contributed by atoms with Crippen LogP contribution in [0.25, 0.3) is 0 Å². The van der Waals surface area contributed by atoms with E-state index in [2.05, 4.69) is 10.1 Å². The first kappa shape index (κ1) is 14.8. The summed E-state index contributed by atoms with van der Waals surface area (Å²) in [5, 5.41) is 6.28. The molecule has 1 unspecified atom stereocenters. The molecule has 0 bridgehead atoms. The highest BCUT2D eigenvalue weighted by Crippen LogP contribution is 2.38. The average Bonchev–Trinajstić information content (AvgIpc) is 2.93. The minimum Gasteiger partial charge on any atom is -0.446 e. The molecule has 1 aliphatic heterocycles. The van der Waals surface area contributed by atoms with Gasteiger partial charge < -0.3 is 4.74 Å². The van der Waals surface area contributed by atoms with E-state index in [9.17, 15) is 4.79 Å². The third kappa shape index (κ3) is 2.65. The van der Waals surface area contributed by atoms with Crippen LogP contribution in [0.2, 0.25) is 10.0 Å². The Morgan fingerprint density at radius 3 is 2.41 bits per heavy atom. The van der Waals surface area contributed by atoms with Gasteiger partial charge in [0.05, 0.1) is 15.6 Å². The van der Waals surface area contributed by atoms with Gasteiger partial charge in [-0.2, -0.15) is 5.01 Å². The van der Waals surface area contributed by atoms with Crippen molar-refractivity contribution in [3.8, 4) is 0 Å². The first-order chi connectivity index (χ1) is 10.6. The molecule has 1 atom stereocenters. The summed E-state index contributed by atoms with van der Waals surface area (Å²) in [6, 6.07) is 8.59. The minimum absolute atomic E-state index is 0.273. The maximum absolute atomic E-state index is 11.9. The number of rotatable bonds is 2. The molecule has 1 aliphatic rings. The van der Waals surface area contributed by atoms with Gasteiger partial charge >= 0.3 is 0 Å². The summed E-state index contributed by atoms with van der Waals surface area (Å²) in [5.74, 6) is 0.0450. The van der Waals surface area contributed by atoms with E-state index in [1.54, 1.807) is 42.7 Å². The van der Waals surface area contributed by atoms with Crippen LogP contribution in [0, 0.1) is 0 Å². The largest absolute Gasteiger partial charge is 0.446 e. The van der Waals surface area contributed by atoms with Crippen LogP contribution in [-0.2, 0) is 9.53 Å². The first-order valence-electron chi connectivity index (χ1n) is 6.47. The lowest BCUT2D eigenvalue weighted by Gasteiger charge is -2.21. The Kier molecular flexibility index (Phi) is 4.00. The van der Waals surface area contributed by atoms with Gasteiger partial charge in [0.15, 0.2) is 0 Å². The van der Waals surface area contributed by atoms with Crippen LogP contribution in [0.1, 0.15) is 24.3 Å². The molecule has 1 amide bonds. The predicted octanol–water partition coefficient (Wildman–Crippen LogP) is 3.63. The summed E-state index contributed by atoms with van der Waals surface area (Å²) in [4.78, 5) is 15.8. The van der Waals surface area contributed by atoms with Crippen molar-refractivity contribution in [1.82, 2.24) is 9.99 Å². The van der Waals surface area contributed by atoms with Gasteiger partial charge in [-0.25, -0.2) is 0 Å². The van der Waals surface area contributed by atoms with Gasteiger partial charge in [-0.3, -0.25) is 9.78 Å². The van der Waals surface area contributed by atoms with Crippen LogP contribution in [-0.4, -0.2) is 21.8 Å². The van der Waals surface area contributed by atoms with E-state index in [1.807, 2.05) is 0 Å². The van der Waals surface area contributed by atoms with E-state index in [-0.39, 0.29) is 5.91 Å². The third-order valence-corrected chi connectivity index (χ3v) is 3.80. The van der Waals surface area contributed by atoms with Gasteiger partial charge in [0.25, 0.3) is 0 Å². The van der Waals surface area contributed by atoms with Gasteiger partial charge in [-0.15, -0.1) is 5.10 Å². The number of hydrogen-bond donors (Lipinski definition) is 0. The monoisotopic (exact) mass is 335 g/mol. The smallest absolute Gasteiger partial charge is 0.243 e. The standard InChI is InChI=1S/C15H11Cl2N3O2/c1-9(21)20-15(13-11(16)3-2-4-12(13)17)22-14(19-20)10-5-7-18-8-6-10/h2-8,15H,1H3. The summed E-state index contributed by atoms with van der Waals surface area (Å²) < 4.78 is 5.83. The third-order valence-electron chi connectivity index (χ3n) is 3.14. The summed E-state index contributed by atoms with van der Waals surface area (Å²) in [6.07, 6.45) is 2.45. The normalized spacial score (nSPS) is 17.1. The molecule has 0 N–H and O–H groups in total. The van der Waals surface area contributed by atoms with Crippen molar-refractivity contribution in [3.63, 3.8) is 0 Å². The summed E-state index contributed by atoms with van der Waals surface area (Å²) in [7, 11) is 0.